The molecule has 0 radical (unpaired) electrons. The van der Waals surface area contributed by atoms with Gasteiger partial charge in [0.05, 0.1) is 15.8 Å². The molecule has 0 saturated carbocycles. The van der Waals surface area contributed by atoms with Crippen LogP contribution in [-0.2, 0) is 20.0 Å². The Hall–Kier alpha value is -1.58. The van der Waals surface area contributed by atoms with E-state index >= 15 is 0 Å². The summed E-state index contributed by atoms with van der Waals surface area (Å²) >= 11 is 3.77. The Bertz CT molecular complexity index is 956. The van der Waals surface area contributed by atoms with Crippen LogP contribution in [0.1, 0.15) is 36.6 Å². The zero-order chi connectivity index (χ0) is 21.4. The molecule has 1 atom stereocenters. The fourth-order valence-electron chi connectivity index (χ4n) is 4.90. The molecule has 5 rings (SSSR count). The molecule has 2 fully saturated rings. The van der Waals surface area contributed by atoms with Gasteiger partial charge in [0.2, 0.25) is 0 Å². The molecule has 2 aliphatic heterocycles. The van der Waals surface area contributed by atoms with Crippen molar-refractivity contribution in [2.24, 2.45) is 5.92 Å². The maximum atomic E-state index is 12.8. The third-order valence-electron chi connectivity index (χ3n) is 6.19. The third-order valence-corrected chi connectivity index (χ3v) is 9.65. The molecule has 1 spiro atoms. The molecule has 1 unspecified atom stereocenters. The minimum absolute atomic E-state index is 0.0396. The zero-order valence-electron chi connectivity index (χ0n) is 17.0. The van der Waals surface area contributed by atoms with Gasteiger partial charge in [-0.25, -0.2) is 0 Å². The quantitative estimate of drug-likeness (QED) is 0.585. The van der Waals surface area contributed by atoms with Crippen LogP contribution in [0.4, 0.5) is 8.78 Å². The van der Waals surface area contributed by atoms with Gasteiger partial charge in [-0.05, 0) is 37.8 Å². The van der Waals surface area contributed by atoms with Gasteiger partial charge in [0.25, 0.3) is 0 Å². The molecule has 1 aromatic carbocycles. The molecule has 166 valence electrons. The molecule has 1 aliphatic carbocycles. The molecule has 1 aromatic heterocycles. The fraction of sp³-hybridized carbons (Fsp3) is 0.545. The molecule has 5 nitrogen and oxygen atoms in total. The second-order valence-corrected chi connectivity index (χ2v) is 11.2. The van der Waals surface area contributed by atoms with E-state index in [1.54, 1.807) is 12.1 Å². The van der Waals surface area contributed by atoms with Crippen molar-refractivity contribution in [1.82, 2.24) is 9.78 Å². The van der Waals surface area contributed by atoms with Gasteiger partial charge in [0.15, 0.2) is 0 Å². The maximum absolute atomic E-state index is 12.8. The maximum Gasteiger partial charge on any atom is 0.387 e. The van der Waals surface area contributed by atoms with Crippen LogP contribution in [0.15, 0.2) is 24.3 Å². The van der Waals surface area contributed by atoms with Crippen LogP contribution in [0.5, 0.6) is 5.75 Å². The van der Waals surface area contributed by atoms with Gasteiger partial charge in [-0.1, -0.05) is 12.1 Å². The number of nitrogens with zero attached hydrogens (tertiary/aromatic N) is 2. The molecule has 0 N–H and O–H groups in total. The van der Waals surface area contributed by atoms with Crippen LogP contribution in [-0.4, -0.2) is 47.4 Å². The summed E-state index contributed by atoms with van der Waals surface area (Å²) < 4.78 is 37.7. The zero-order valence-corrected chi connectivity index (χ0v) is 18.6. The minimum atomic E-state index is -2.87. The van der Waals surface area contributed by atoms with Gasteiger partial charge in [-0.2, -0.15) is 13.9 Å². The first kappa shape index (κ1) is 21.3. The number of hydrogen-bond donors (Lipinski definition) is 0. The van der Waals surface area contributed by atoms with Crippen LogP contribution < -0.4 is 4.74 Å². The molecular formula is C22H24F2N2O3S2. The van der Waals surface area contributed by atoms with Crippen molar-refractivity contribution in [1.29, 1.82) is 0 Å². The summed E-state index contributed by atoms with van der Waals surface area (Å²) in [6.07, 6.45) is 4.28. The van der Waals surface area contributed by atoms with Crippen LogP contribution in [0, 0.1) is 5.92 Å². The van der Waals surface area contributed by atoms with Gasteiger partial charge >= 0.3 is 6.61 Å². The van der Waals surface area contributed by atoms with Crippen LogP contribution in [0.3, 0.4) is 0 Å². The highest BCUT2D eigenvalue weighted by Crippen LogP contribution is 2.61. The Morgan fingerprint density at radius 3 is 2.74 bits per heavy atom. The summed E-state index contributed by atoms with van der Waals surface area (Å²) in [7, 11) is 0. The summed E-state index contributed by atoms with van der Waals surface area (Å²) in [5, 5.41) is 5.07. The van der Waals surface area contributed by atoms with E-state index in [2.05, 4.69) is 9.42 Å². The number of benzene rings is 1. The third kappa shape index (κ3) is 4.00. The van der Waals surface area contributed by atoms with E-state index in [9.17, 15) is 13.6 Å². The smallest absolute Gasteiger partial charge is 0.387 e. The van der Waals surface area contributed by atoms with E-state index in [1.807, 2.05) is 29.6 Å². The molecule has 0 amide bonds. The van der Waals surface area contributed by atoms with E-state index in [0.717, 1.165) is 54.0 Å². The molecule has 0 bridgehead atoms. The monoisotopic (exact) mass is 466 g/mol. The van der Waals surface area contributed by atoms with E-state index in [-0.39, 0.29) is 21.8 Å². The number of fused-ring (bicyclic) bond motifs is 2. The average Bonchev–Trinajstić information content (AvgIpc) is 3.39. The SMILES string of the molecule is O=CC1Cc2c(c(-c3cccc(OC(F)F)c3)nn2C2CCOCC2)C2(C1)SCCS2. The van der Waals surface area contributed by atoms with Gasteiger partial charge in [0, 0.05) is 47.5 Å². The standard InChI is InChI=1S/C22H24F2N2O3S2/c23-21(24)29-17-3-1-2-15(11-17)20-19-18(26(25-20)16-4-6-28-7-5-16)10-14(13-27)12-22(19)30-8-9-31-22/h1-3,11,13-14,16,21H,4-10,12H2. The van der Waals surface area contributed by atoms with Crippen LogP contribution in [0.2, 0.25) is 0 Å². The number of halogens is 2. The van der Waals surface area contributed by atoms with Crippen molar-refractivity contribution in [3.8, 4) is 17.0 Å². The van der Waals surface area contributed by atoms with Gasteiger partial charge in [-0.3, -0.25) is 4.68 Å². The lowest BCUT2D eigenvalue weighted by atomic mass is 9.85. The van der Waals surface area contributed by atoms with E-state index in [1.165, 1.54) is 11.6 Å². The van der Waals surface area contributed by atoms with Crippen LogP contribution >= 0.6 is 23.5 Å². The van der Waals surface area contributed by atoms with Gasteiger partial charge < -0.3 is 14.3 Å². The van der Waals surface area contributed by atoms with Crippen molar-refractivity contribution in [2.75, 3.05) is 24.7 Å². The number of aldehydes is 1. The number of rotatable bonds is 5. The largest absolute Gasteiger partial charge is 0.435 e. The normalized spacial score (nSPS) is 23.3. The lowest BCUT2D eigenvalue weighted by molar-refractivity contribution is -0.111. The Kier molecular flexibility index (Phi) is 6.00. The van der Waals surface area contributed by atoms with Crippen molar-refractivity contribution < 1.29 is 23.0 Å². The summed E-state index contributed by atoms with van der Waals surface area (Å²) in [6, 6.07) is 7.03. The molecule has 3 heterocycles. The number of hydrogen-bond acceptors (Lipinski definition) is 6. The second-order valence-electron chi connectivity index (χ2n) is 8.12. The average molecular weight is 467 g/mol. The first-order chi connectivity index (χ1) is 15.1. The predicted molar refractivity (Wildman–Crippen MR) is 118 cm³/mol. The van der Waals surface area contributed by atoms with Crippen molar-refractivity contribution in [2.45, 2.75) is 42.4 Å². The number of alkyl halides is 2. The van der Waals surface area contributed by atoms with E-state index < -0.39 is 6.61 Å². The fourth-order valence-corrected chi connectivity index (χ4v) is 8.44. The summed E-state index contributed by atoms with van der Waals surface area (Å²) in [4.78, 5) is 11.9. The van der Waals surface area contributed by atoms with Crippen LogP contribution in [0.25, 0.3) is 11.3 Å². The van der Waals surface area contributed by atoms with E-state index in [0.29, 0.717) is 19.6 Å². The van der Waals surface area contributed by atoms with Crippen molar-refractivity contribution in [3.63, 3.8) is 0 Å². The van der Waals surface area contributed by atoms with Gasteiger partial charge in [-0.15, -0.1) is 23.5 Å². The number of aromatic nitrogens is 2. The summed E-state index contributed by atoms with van der Waals surface area (Å²) in [6.45, 7) is -1.49. The summed E-state index contributed by atoms with van der Waals surface area (Å²) in [5.41, 5.74) is 3.89. The highest BCUT2D eigenvalue weighted by molar-refractivity contribution is 8.20. The molecule has 9 heteroatoms. The highest BCUT2D eigenvalue weighted by Gasteiger charge is 2.48. The van der Waals surface area contributed by atoms with Gasteiger partial charge in [0.1, 0.15) is 12.0 Å². The first-order valence-electron chi connectivity index (χ1n) is 10.6. The predicted octanol–water partition coefficient (Wildman–Crippen LogP) is 4.90. The highest BCUT2D eigenvalue weighted by atomic mass is 32.2. The van der Waals surface area contributed by atoms with Crippen molar-refractivity contribution in [3.05, 3.63) is 35.5 Å². The molecule has 2 aromatic rings. The first-order valence-corrected chi connectivity index (χ1v) is 12.5. The Balaban J connectivity index is 1.67. The Labute approximate surface area is 188 Å². The number of carbonyl (C=O) groups excluding carboxylic acids is 1. The number of ether oxygens (including phenoxy) is 2. The minimum Gasteiger partial charge on any atom is -0.435 e. The Morgan fingerprint density at radius 2 is 2.03 bits per heavy atom. The molecule has 2 saturated heterocycles. The molecule has 31 heavy (non-hydrogen) atoms. The summed E-state index contributed by atoms with van der Waals surface area (Å²) in [5.74, 6) is 2.13. The van der Waals surface area contributed by atoms with E-state index in [4.69, 9.17) is 9.84 Å². The Morgan fingerprint density at radius 1 is 1.26 bits per heavy atom. The lowest BCUT2D eigenvalue weighted by Gasteiger charge is -2.36. The number of thioether (sulfide) groups is 2. The lowest BCUT2D eigenvalue weighted by Crippen LogP contribution is -2.31. The molecular weight excluding hydrogens is 442 g/mol. The number of carbonyl (C=O) groups is 1. The second kappa shape index (κ2) is 8.75. The topological polar surface area (TPSA) is 53.3 Å². The molecule has 3 aliphatic rings. The van der Waals surface area contributed by atoms with Crippen molar-refractivity contribution >= 4 is 29.8 Å².